The van der Waals surface area contributed by atoms with E-state index in [1.54, 1.807) is 13.0 Å². The van der Waals surface area contributed by atoms with E-state index in [-0.39, 0.29) is 5.69 Å². The molecule has 0 radical (unpaired) electrons. The first kappa shape index (κ1) is 19.4. The van der Waals surface area contributed by atoms with Crippen molar-refractivity contribution in [3.63, 3.8) is 0 Å². The van der Waals surface area contributed by atoms with Gasteiger partial charge in [-0.3, -0.25) is 0 Å². The first-order valence-corrected chi connectivity index (χ1v) is 8.55. The number of benzene rings is 1. The molecule has 1 unspecified atom stereocenters. The van der Waals surface area contributed by atoms with Crippen molar-refractivity contribution in [1.29, 1.82) is 0 Å². The Bertz CT molecular complexity index is 670. The van der Waals surface area contributed by atoms with Gasteiger partial charge in [0.2, 0.25) is 10.0 Å². The molecule has 1 rings (SSSR count). The highest BCUT2D eigenvalue weighted by Gasteiger charge is 2.29. The van der Waals surface area contributed by atoms with Crippen LogP contribution in [0.1, 0.15) is 27.5 Å². The first-order chi connectivity index (χ1) is 10.7. The number of hydrogen-bond acceptors (Lipinski definition) is 7. The zero-order valence-electron chi connectivity index (χ0n) is 13.7. The fraction of sp³-hybridized carbons (Fsp3) is 0.500. The number of rotatable bonds is 7. The van der Waals surface area contributed by atoms with Crippen LogP contribution in [0.2, 0.25) is 0 Å². The lowest BCUT2D eigenvalue weighted by Gasteiger charge is -2.27. The van der Waals surface area contributed by atoms with Crippen LogP contribution in [0.5, 0.6) is 0 Å². The molecule has 0 saturated carbocycles. The Hall–Kier alpha value is -1.68. The number of nitrogens with one attached hydrogen (secondary N) is 1. The molecule has 0 aromatic heterocycles. The van der Waals surface area contributed by atoms with Crippen LogP contribution in [0.25, 0.3) is 0 Å². The predicted octanol–water partition coefficient (Wildman–Crippen LogP) is 0.573. The van der Waals surface area contributed by atoms with Crippen molar-refractivity contribution < 1.29 is 27.4 Å². The summed E-state index contributed by atoms with van der Waals surface area (Å²) in [6.07, 6.45) is 0.129. The van der Waals surface area contributed by atoms with E-state index in [4.69, 9.17) is 15.2 Å². The van der Waals surface area contributed by atoms with E-state index < -0.39 is 28.3 Å². The number of nitrogen functional groups attached to an aromatic ring is 1. The summed E-state index contributed by atoms with van der Waals surface area (Å²) in [7, 11) is 0.487. The zero-order chi connectivity index (χ0) is 17.8. The SMILES string of the molecule is COC(=O)c1ccc(C(NS(C)(=O)=O)C(OC)OC)c(N)c1C. The summed E-state index contributed by atoms with van der Waals surface area (Å²) in [4.78, 5) is 11.7. The van der Waals surface area contributed by atoms with Crippen molar-refractivity contribution in [2.45, 2.75) is 19.3 Å². The maximum atomic E-state index is 11.7. The number of methoxy groups -OCH3 is 3. The molecule has 8 nitrogen and oxygen atoms in total. The van der Waals surface area contributed by atoms with Crippen LogP contribution in [-0.2, 0) is 24.2 Å². The minimum Gasteiger partial charge on any atom is -0.465 e. The molecule has 0 fully saturated rings. The summed E-state index contributed by atoms with van der Waals surface area (Å²) in [5.41, 5.74) is 7.58. The second-order valence-corrected chi connectivity index (χ2v) is 6.72. The molecule has 3 N–H and O–H groups in total. The Kier molecular flexibility index (Phi) is 6.51. The maximum absolute atomic E-state index is 11.7. The van der Waals surface area contributed by atoms with E-state index in [0.717, 1.165) is 6.26 Å². The monoisotopic (exact) mass is 346 g/mol. The number of sulfonamides is 1. The Morgan fingerprint density at radius 3 is 2.22 bits per heavy atom. The van der Waals surface area contributed by atoms with E-state index in [1.165, 1.54) is 27.4 Å². The van der Waals surface area contributed by atoms with Gasteiger partial charge in [-0.15, -0.1) is 0 Å². The molecule has 1 atom stereocenters. The van der Waals surface area contributed by atoms with E-state index in [0.29, 0.717) is 16.7 Å². The van der Waals surface area contributed by atoms with Gasteiger partial charge in [-0.05, 0) is 24.1 Å². The summed E-state index contributed by atoms with van der Waals surface area (Å²) in [6.45, 7) is 1.65. The van der Waals surface area contributed by atoms with Crippen LogP contribution < -0.4 is 10.5 Å². The molecule has 1 aromatic rings. The van der Waals surface area contributed by atoms with Crippen molar-refractivity contribution in [2.75, 3.05) is 33.3 Å². The lowest BCUT2D eigenvalue weighted by atomic mass is 9.97. The predicted molar refractivity (Wildman–Crippen MR) is 85.5 cm³/mol. The number of carbonyl (C=O) groups is 1. The van der Waals surface area contributed by atoms with E-state index in [1.807, 2.05) is 0 Å². The molecular formula is C14H22N2O6S. The van der Waals surface area contributed by atoms with Gasteiger partial charge in [0.15, 0.2) is 6.29 Å². The van der Waals surface area contributed by atoms with Crippen LogP contribution in [0.3, 0.4) is 0 Å². The Labute approximate surface area is 136 Å². The topological polar surface area (TPSA) is 117 Å². The molecule has 9 heteroatoms. The normalized spacial score (nSPS) is 13.1. The van der Waals surface area contributed by atoms with Crippen LogP contribution in [-0.4, -0.2) is 48.3 Å². The second-order valence-electron chi connectivity index (χ2n) is 4.94. The maximum Gasteiger partial charge on any atom is 0.338 e. The Morgan fingerprint density at radius 2 is 1.78 bits per heavy atom. The molecular weight excluding hydrogens is 324 g/mol. The minimum absolute atomic E-state index is 0.258. The van der Waals surface area contributed by atoms with Gasteiger partial charge >= 0.3 is 5.97 Å². The summed E-state index contributed by atoms with van der Waals surface area (Å²) >= 11 is 0. The number of ether oxygens (including phenoxy) is 3. The van der Waals surface area contributed by atoms with Crippen molar-refractivity contribution in [3.8, 4) is 0 Å². The van der Waals surface area contributed by atoms with Gasteiger partial charge in [0.1, 0.15) is 0 Å². The average Bonchev–Trinajstić information content (AvgIpc) is 2.48. The zero-order valence-corrected chi connectivity index (χ0v) is 14.6. The lowest BCUT2D eigenvalue weighted by Crippen LogP contribution is -2.38. The van der Waals surface area contributed by atoms with Gasteiger partial charge in [0.25, 0.3) is 0 Å². The van der Waals surface area contributed by atoms with Gasteiger partial charge in [0, 0.05) is 19.9 Å². The molecule has 130 valence electrons. The number of carbonyl (C=O) groups excluding carboxylic acids is 1. The number of anilines is 1. The Balaban J connectivity index is 3.42. The Morgan fingerprint density at radius 1 is 1.22 bits per heavy atom. The summed E-state index contributed by atoms with van der Waals surface area (Å²) in [5.74, 6) is -0.525. The van der Waals surface area contributed by atoms with Gasteiger partial charge in [0.05, 0.1) is 25.0 Å². The highest BCUT2D eigenvalue weighted by molar-refractivity contribution is 7.88. The second kappa shape index (κ2) is 7.73. The van der Waals surface area contributed by atoms with Gasteiger partial charge < -0.3 is 19.9 Å². The quantitative estimate of drug-likeness (QED) is 0.421. The molecule has 23 heavy (non-hydrogen) atoms. The largest absolute Gasteiger partial charge is 0.465 e. The number of esters is 1. The third-order valence-corrected chi connectivity index (χ3v) is 4.05. The number of nitrogens with two attached hydrogens (primary N) is 1. The van der Waals surface area contributed by atoms with E-state index >= 15 is 0 Å². The highest BCUT2D eigenvalue weighted by Crippen LogP contribution is 2.30. The average molecular weight is 346 g/mol. The van der Waals surface area contributed by atoms with Crippen LogP contribution in [0.15, 0.2) is 12.1 Å². The molecule has 0 aliphatic heterocycles. The molecule has 0 heterocycles. The molecule has 0 saturated heterocycles. The highest BCUT2D eigenvalue weighted by atomic mass is 32.2. The van der Waals surface area contributed by atoms with Crippen LogP contribution in [0.4, 0.5) is 5.69 Å². The molecule has 0 bridgehead atoms. The standard InChI is InChI=1S/C14H22N2O6S/c1-8-9(13(17)20-2)6-7-10(11(8)15)12(14(21-3)22-4)16-23(5,18)19/h6-7,12,14,16H,15H2,1-5H3. The van der Waals surface area contributed by atoms with E-state index in [2.05, 4.69) is 9.46 Å². The van der Waals surface area contributed by atoms with Gasteiger partial charge in [-0.2, -0.15) is 0 Å². The fourth-order valence-corrected chi connectivity index (χ4v) is 2.92. The van der Waals surface area contributed by atoms with E-state index in [9.17, 15) is 13.2 Å². The first-order valence-electron chi connectivity index (χ1n) is 6.66. The van der Waals surface area contributed by atoms with Crippen molar-refractivity contribution in [1.82, 2.24) is 4.72 Å². The van der Waals surface area contributed by atoms with Crippen LogP contribution in [0, 0.1) is 6.92 Å². The number of hydrogen-bond donors (Lipinski definition) is 2. The summed E-state index contributed by atoms with van der Waals surface area (Å²) in [5, 5.41) is 0. The molecule has 0 aliphatic carbocycles. The minimum atomic E-state index is -3.55. The lowest BCUT2D eigenvalue weighted by molar-refractivity contribution is -0.120. The van der Waals surface area contributed by atoms with Crippen molar-refractivity contribution >= 4 is 21.7 Å². The van der Waals surface area contributed by atoms with Crippen molar-refractivity contribution in [3.05, 3.63) is 28.8 Å². The van der Waals surface area contributed by atoms with Crippen LogP contribution >= 0.6 is 0 Å². The fourth-order valence-electron chi connectivity index (χ4n) is 2.22. The summed E-state index contributed by atoms with van der Waals surface area (Å²) in [6, 6.07) is 2.19. The van der Waals surface area contributed by atoms with Crippen molar-refractivity contribution in [2.24, 2.45) is 0 Å². The molecule has 1 aromatic carbocycles. The molecule has 0 amide bonds. The third kappa shape index (κ3) is 4.64. The molecule has 0 aliphatic rings. The van der Waals surface area contributed by atoms with Gasteiger partial charge in [-0.25, -0.2) is 17.9 Å². The summed E-state index contributed by atoms with van der Waals surface area (Å²) < 4.78 is 40.7. The smallest absolute Gasteiger partial charge is 0.338 e. The molecule has 0 spiro atoms. The third-order valence-electron chi connectivity index (χ3n) is 3.37. The van der Waals surface area contributed by atoms with Gasteiger partial charge in [-0.1, -0.05) is 6.07 Å².